The number of amides is 3. The molecule has 0 saturated carbocycles. The molecule has 0 spiro atoms. The molecule has 2 aromatic heterocycles. The smallest absolute Gasteiger partial charge is 0.272 e. The van der Waals surface area contributed by atoms with Gasteiger partial charge in [-0.2, -0.15) is 5.10 Å². The molecule has 0 aliphatic carbocycles. The third kappa shape index (κ3) is 5.95. The van der Waals surface area contributed by atoms with Crippen molar-refractivity contribution >= 4 is 29.1 Å². The van der Waals surface area contributed by atoms with Crippen LogP contribution in [0.25, 0.3) is 16.9 Å². The van der Waals surface area contributed by atoms with Gasteiger partial charge in [0.2, 0.25) is 11.8 Å². The lowest BCUT2D eigenvalue weighted by Crippen LogP contribution is -2.38. The van der Waals surface area contributed by atoms with Gasteiger partial charge in [-0.15, -0.1) is 0 Å². The number of aromatic nitrogens is 3. The highest BCUT2D eigenvalue weighted by Crippen LogP contribution is 2.27. The van der Waals surface area contributed by atoms with Crippen LogP contribution in [-0.4, -0.2) is 56.9 Å². The number of carbonyl (C=O) groups is 3. The first-order valence-corrected chi connectivity index (χ1v) is 12.8. The Kier molecular flexibility index (Phi) is 8.15. The minimum atomic E-state index is -0.555. The van der Waals surface area contributed by atoms with Crippen molar-refractivity contribution in [2.24, 2.45) is 0 Å². The molecule has 1 unspecified atom stereocenters. The van der Waals surface area contributed by atoms with Gasteiger partial charge in [0.1, 0.15) is 11.5 Å². The van der Waals surface area contributed by atoms with Gasteiger partial charge in [-0.3, -0.25) is 14.4 Å². The van der Waals surface area contributed by atoms with Gasteiger partial charge < -0.3 is 15.5 Å². The van der Waals surface area contributed by atoms with E-state index in [9.17, 15) is 14.4 Å². The number of carbonyl (C=O) groups excluding carboxylic acids is 3. The third-order valence-electron chi connectivity index (χ3n) is 6.78. The Labute approximate surface area is 215 Å². The van der Waals surface area contributed by atoms with Gasteiger partial charge in [0.15, 0.2) is 5.65 Å². The van der Waals surface area contributed by atoms with Crippen molar-refractivity contribution in [2.75, 3.05) is 18.9 Å². The van der Waals surface area contributed by atoms with E-state index < -0.39 is 5.82 Å². The molecule has 2 N–H and O–H groups in total. The summed E-state index contributed by atoms with van der Waals surface area (Å²) in [6, 6.07) is 7.96. The second-order valence-electron chi connectivity index (χ2n) is 9.40. The molecule has 0 bridgehead atoms. The Balaban J connectivity index is 1.58. The predicted octanol–water partition coefficient (Wildman–Crippen LogP) is 3.97. The summed E-state index contributed by atoms with van der Waals surface area (Å²) in [7, 11) is 1.50. The Morgan fingerprint density at radius 1 is 1.08 bits per heavy atom. The summed E-state index contributed by atoms with van der Waals surface area (Å²) in [5.41, 5.74) is 2.59. The highest BCUT2D eigenvalue weighted by Gasteiger charge is 2.25. The maximum Gasteiger partial charge on any atom is 0.272 e. The quantitative estimate of drug-likeness (QED) is 0.502. The highest BCUT2D eigenvalue weighted by molar-refractivity contribution is 5.94. The molecule has 0 radical (unpaired) electrons. The fourth-order valence-electron chi connectivity index (χ4n) is 4.63. The van der Waals surface area contributed by atoms with Gasteiger partial charge in [-0.1, -0.05) is 19.8 Å². The lowest BCUT2D eigenvalue weighted by atomic mass is 10.1. The first kappa shape index (κ1) is 26.2. The van der Waals surface area contributed by atoms with Gasteiger partial charge in [-0.25, -0.2) is 13.9 Å². The van der Waals surface area contributed by atoms with E-state index >= 15 is 4.39 Å². The minimum absolute atomic E-state index is 0.00178. The maximum absolute atomic E-state index is 15.1. The molecule has 1 fully saturated rings. The number of fused-ring (bicyclic) bond motifs is 1. The van der Waals surface area contributed by atoms with Crippen LogP contribution in [0.5, 0.6) is 0 Å². The number of nitrogens with zero attached hydrogens (tertiary/aromatic N) is 4. The Bertz CT molecular complexity index is 1320. The van der Waals surface area contributed by atoms with Gasteiger partial charge in [0, 0.05) is 55.5 Å². The second-order valence-corrected chi connectivity index (χ2v) is 9.40. The van der Waals surface area contributed by atoms with Crippen molar-refractivity contribution in [3.63, 3.8) is 0 Å². The fraction of sp³-hybridized carbons (Fsp3) is 0.444. The summed E-state index contributed by atoms with van der Waals surface area (Å²) in [6.45, 7) is 4.77. The van der Waals surface area contributed by atoms with Crippen molar-refractivity contribution in [3.8, 4) is 11.3 Å². The van der Waals surface area contributed by atoms with Crippen molar-refractivity contribution in [2.45, 2.75) is 64.8 Å². The predicted molar refractivity (Wildman–Crippen MR) is 139 cm³/mol. The molecule has 3 aromatic rings. The average molecular weight is 509 g/mol. The Hall–Kier alpha value is -3.82. The molecule has 10 heteroatoms. The molecule has 1 aliphatic heterocycles. The van der Waals surface area contributed by atoms with Crippen molar-refractivity contribution in [1.29, 1.82) is 0 Å². The topological polar surface area (TPSA) is 109 Å². The molecule has 3 amide bonds. The van der Waals surface area contributed by atoms with Crippen LogP contribution in [0, 0.1) is 5.82 Å². The van der Waals surface area contributed by atoms with Crippen LogP contribution in [0.15, 0.2) is 30.3 Å². The Morgan fingerprint density at radius 2 is 1.86 bits per heavy atom. The summed E-state index contributed by atoms with van der Waals surface area (Å²) in [5, 5.41) is 9.62. The fourth-order valence-corrected chi connectivity index (χ4v) is 4.63. The number of benzene rings is 1. The zero-order valence-electron chi connectivity index (χ0n) is 21.5. The molecular formula is C27H33FN6O3. The van der Waals surface area contributed by atoms with E-state index in [2.05, 4.69) is 27.6 Å². The van der Waals surface area contributed by atoms with E-state index in [4.69, 9.17) is 0 Å². The number of hydrogen-bond acceptors (Lipinski definition) is 5. The first-order valence-electron chi connectivity index (χ1n) is 12.8. The van der Waals surface area contributed by atoms with E-state index in [0.717, 1.165) is 37.9 Å². The van der Waals surface area contributed by atoms with Crippen molar-refractivity contribution in [3.05, 3.63) is 47.5 Å². The molecule has 3 heterocycles. The van der Waals surface area contributed by atoms with Crippen LogP contribution in [-0.2, 0) is 16.0 Å². The molecule has 1 aliphatic rings. The SMILES string of the molecule is CCc1cc(C(=O)N2CCCCCC2C)nc2cc(-c3ccc(NC(=O)CCC(=O)NC)cc3F)nn12. The van der Waals surface area contributed by atoms with Crippen molar-refractivity contribution < 1.29 is 18.8 Å². The van der Waals surface area contributed by atoms with E-state index in [-0.39, 0.29) is 42.2 Å². The third-order valence-corrected chi connectivity index (χ3v) is 6.78. The van der Waals surface area contributed by atoms with Crippen LogP contribution >= 0.6 is 0 Å². The lowest BCUT2D eigenvalue weighted by Gasteiger charge is -2.27. The highest BCUT2D eigenvalue weighted by atomic mass is 19.1. The standard InChI is InChI=1S/C27H33FN6O3/c1-4-19-15-23(27(37)33-13-7-5-6-8-17(33)2)31-24-16-22(32-34(19)24)20-10-9-18(14-21(20)28)30-26(36)12-11-25(35)29-3/h9-10,14-17H,4-8,11-13H2,1-3H3,(H,29,35)(H,30,36). The first-order chi connectivity index (χ1) is 17.8. The van der Waals surface area contributed by atoms with Crippen LogP contribution in [0.2, 0.25) is 0 Å². The molecule has 1 aromatic carbocycles. The molecular weight excluding hydrogens is 475 g/mol. The minimum Gasteiger partial charge on any atom is -0.359 e. The van der Waals surface area contributed by atoms with Crippen LogP contribution in [0.4, 0.5) is 10.1 Å². The largest absolute Gasteiger partial charge is 0.359 e. The summed E-state index contributed by atoms with van der Waals surface area (Å²) in [4.78, 5) is 43.2. The second kappa shape index (κ2) is 11.5. The number of likely N-dealkylation sites (tertiary alicyclic amines) is 1. The summed E-state index contributed by atoms with van der Waals surface area (Å²) >= 11 is 0. The zero-order chi connectivity index (χ0) is 26.5. The van der Waals surface area contributed by atoms with E-state index in [1.54, 1.807) is 28.8 Å². The van der Waals surface area contributed by atoms with Crippen LogP contribution in [0.3, 0.4) is 0 Å². The zero-order valence-corrected chi connectivity index (χ0v) is 21.5. The summed E-state index contributed by atoms with van der Waals surface area (Å²) < 4.78 is 16.7. The molecule has 9 nitrogen and oxygen atoms in total. The number of aryl methyl sites for hydroxylation is 1. The lowest BCUT2D eigenvalue weighted by molar-refractivity contribution is -0.124. The van der Waals surface area contributed by atoms with Crippen LogP contribution < -0.4 is 10.6 Å². The van der Waals surface area contributed by atoms with Gasteiger partial charge in [-0.05, 0) is 50.5 Å². The van der Waals surface area contributed by atoms with E-state index in [1.807, 2.05) is 11.8 Å². The number of rotatable bonds is 7. The number of halogens is 1. The summed E-state index contributed by atoms with van der Waals surface area (Å²) in [6.07, 6.45) is 4.88. The van der Waals surface area contributed by atoms with Gasteiger partial charge in [0.05, 0.1) is 5.69 Å². The number of hydrogen-bond donors (Lipinski definition) is 2. The van der Waals surface area contributed by atoms with Gasteiger partial charge >= 0.3 is 0 Å². The van der Waals surface area contributed by atoms with Gasteiger partial charge in [0.25, 0.3) is 5.91 Å². The molecule has 37 heavy (non-hydrogen) atoms. The van der Waals surface area contributed by atoms with Crippen LogP contribution in [0.1, 0.15) is 68.6 Å². The normalized spacial score (nSPS) is 15.9. The molecule has 1 saturated heterocycles. The summed E-state index contributed by atoms with van der Waals surface area (Å²) in [5.74, 6) is -1.26. The Morgan fingerprint density at radius 3 is 2.59 bits per heavy atom. The molecule has 196 valence electrons. The monoisotopic (exact) mass is 508 g/mol. The van der Waals surface area contributed by atoms with E-state index in [1.165, 1.54) is 13.1 Å². The molecule has 4 rings (SSSR count). The average Bonchev–Trinajstić information content (AvgIpc) is 3.20. The van der Waals surface area contributed by atoms with Crippen molar-refractivity contribution in [1.82, 2.24) is 24.8 Å². The van der Waals surface area contributed by atoms with E-state index in [0.29, 0.717) is 29.1 Å². The number of anilines is 1. The molecule has 1 atom stereocenters. The maximum atomic E-state index is 15.1. The number of nitrogens with one attached hydrogen (secondary N) is 2.